The molecule has 3 N–H and O–H groups in total. The molecule has 0 saturated carbocycles. The lowest BCUT2D eigenvalue weighted by molar-refractivity contribution is -0.196. The highest BCUT2D eigenvalue weighted by atomic mass is 16.8. The van der Waals surface area contributed by atoms with Crippen molar-refractivity contribution in [2.75, 3.05) is 6.54 Å². The fourth-order valence-electron chi connectivity index (χ4n) is 2.70. The van der Waals surface area contributed by atoms with E-state index < -0.39 is 29.4 Å². The Morgan fingerprint density at radius 1 is 1.35 bits per heavy atom. The van der Waals surface area contributed by atoms with E-state index in [1.807, 2.05) is 0 Å². The van der Waals surface area contributed by atoms with Crippen LogP contribution < -0.4 is 17.0 Å². The summed E-state index contributed by atoms with van der Waals surface area (Å²) in [5, 5.41) is 0. The Balaban J connectivity index is 1.98. The fraction of sp³-hybridized carbons (Fsp3) is 0.667. The van der Waals surface area contributed by atoms with Crippen molar-refractivity contribution in [3.63, 3.8) is 0 Å². The van der Waals surface area contributed by atoms with Gasteiger partial charge in [-0.05, 0) is 13.8 Å². The van der Waals surface area contributed by atoms with Crippen LogP contribution in [0, 0.1) is 0 Å². The Bertz CT molecular complexity index is 622. The second-order valence-corrected chi connectivity index (χ2v) is 5.38. The Hall–Kier alpha value is -1.48. The molecule has 8 heteroatoms. The number of fused-ring (bicyclic) bond motifs is 1. The lowest BCUT2D eigenvalue weighted by atomic mass is 10.1. The van der Waals surface area contributed by atoms with Crippen molar-refractivity contribution >= 4 is 0 Å². The summed E-state index contributed by atoms with van der Waals surface area (Å²) in [5.74, 6) is -0.753. The molecule has 0 aliphatic carbocycles. The zero-order chi connectivity index (χ0) is 14.5. The van der Waals surface area contributed by atoms with E-state index in [0.29, 0.717) is 0 Å². The third-order valence-corrected chi connectivity index (χ3v) is 3.48. The lowest BCUT2D eigenvalue weighted by Gasteiger charge is -2.24. The monoisotopic (exact) mass is 283 g/mol. The molecule has 2 aliphatic rings. The van der Waals surface area contributed by atoms with Crippen molar-refractivity contribution < 1.29 is 14.2 Å². The summed E-state index contributed by atoms with van der Waals surface area (Å²) in [7, 11) is 0. The van der Waals surface area contributed by atoms with E-state index in [0.717, 1.165) is 0 Å². The van der Waals surface area contributed by atoms with E-state index in [4.69, 9.17) is 19.9 Å². The van der Waals surface area contributed by atoms with Crippen LogP contribution in [0.3, 0.4) is 0 Å². The number of hydrogen-bond acceptors (Lipinski definition) is 6. The zero-order valence-electron chi connectivity index (χ0n) is 11.2. The van der Waals surface area contributed by atoms with Crippen molar-refractivity contribution in [2.45, 2.75) is 44.2 Å². The van der Waals surface area contributed by atoms with Gasteiger partial charge in [-0.2, -0.15) is 0 Å². The van der Waals surface area contributed by atoms with Crippen LogP contribution in [0.1, 0.15) is 20.1 Å². The highest BCUT2D eigenvalue weighted by molar-refractivity contribution is 4.98. The van der Waals surface area contributed by atoms with E-state index in [1.54, 1.807) is 13.8 Å². The van der Waals surface area contributed by atoms with Gasteiger partial charge in [-0.1, -0.05) is 0 Å². The average Bonchev–Trinajstić information content (AvgIpc) is 2.83. The highest BCUT2D eigenvalue weighted by Crippen LogP contribution is 2.42. The molecule has 110 valence electrons. The largest absolute Gasteiger partial charge is 0.348 e. The molecule has 0 unspecified atom stereocenters. The van der Waals surface area contributed by atoms with Crippen molar-refractivity contribution in [1.82, 2.24) is 9.55 Å². The summed E-state index contributed by atoms with van der Waals surface area (Å²) in [4.78, 5) is 25.2. The summed E-state index contributed by atoms with van der Waals surface area (Å²) in [6.07, 6.45) is -0.414. The molecule has 0 aromatic carbocycles. The van der Waals surface area contributed by atoms with Gasteiger partial charge < -0.3 is 19.9 Å². The molecule has 20 heavy (non-hydrogen) atoms. The van der Waals surface area contributed by atoms with Gasteiger partial charge in [0.25, 0.3) is 5.56 Å². The smallest absolute Gasteiger partial charge is 0.330 e. The Labute approximate surface area is 114 Å². The van der Waals surface area contributed by atoms with Crippen LogP contribution in [-0.2, 0) is 14.2 Å². The summed E-state index contributed by atoms with van der Waals surface area (Å²) in [5.41, 5.74) is 4.67. The van der Waals surface area contributed by atoms with Crippen LogP contribution in [-0.4, -0.2) is 40.2 Å². The first-order chi connectivity index (χ1) is 9.41. The molecule has 2 aliphatic heterocycles. The Morgan fingerprint density at radius 2 is 2.05 bits per heavy atom. The summed E-state index contributed by atoms with van der Waals surface area (Å²) >= 11 is 0. The number of hydrogen-bond donors (Lipinski definition) is 2. The van der Waals surface area contributed by atoms with Gasteiger partial charge in [-0.15, -0.1) is 0 Å². The van der Waals surface area contributed by atoms with Gasteiger partial charge in [0.05, 0.1) is 0 Å². The minimum absolute atomic E-state index is 0.259. The van der Waals surface area contributed by atoms with Gasteiger partial charge in [0.1, 0.15) is 18.3 Å². The number of ether oxygens (including phenoxy) is 3. The number of aromatic amines is 1. The minimum atomic E-state index is -0.753. The first-order valence-electron chi connectivity index (χ1n) is 6.44. The molecule has 1 aromatic heterocycles. The summed E-state index contributed by atoms with van der Waals surface area (Å²) < 4.78 is 18.6. The first kappa shape index (κ1) is 13.5. The standard InChI is InChI=1S/C12H17N3O5/c1-12(2)19-8-6(5-13)18-10(9(8)20-12)15-4-3-7(16)14-11(15)17/h3-4,6,8-10H,5,13H2,1-2H3,(H,14,16,17)/t6-,8-,9-,10-/m1/s1. The van der Waals surface area contributed by atoms with E-state index in [1.165, 1.54) is 16.8 Å². The van der Waals surface area contributed by atoms with Gasteiger partial charge in [0, 0.05) is 18.8 Å². The summed E-state index contributed by atoms with van der Waals surface area (Å²) in [6, 6.07) is 1.26. The molecule has 2 saturated heterocycles. The van der Waals surface area contributed by atoms with Gasteiger partial charge >= 0.3 is 5.69 Å². The second-order valence-electron chi connectivity index (χ2n) is 5.38. The maximum Gasteiger partial charge on any atom is 0.330 e. The predicted molar refractivity (Wildman–Crippen MR) is 68.1 cm³/mol. The quantitative estimate of drug-likeness (QED) is 0.714. The molecule has 8 nitrogen and oxygen atoms in total. The Kier molecular flexibility index (Phi) is 3.05. The van der Waals surface area contributed by atoms with Gasteiger partial charge in [-0.3, -0.25) is 14.3 Å². The van der Waals surface area contributed by atoms with Crippen LogP contribution in [0.2, 0.25) is 0 Å². The Morgan fingerprint density at radius 3 is 2.70 bits per heavy atom. The SMILES string of the molecule is CC1(C)O[C@@H]2[C@H](O1)[C@@H](CN)O[C@H]2n1ccc(=O)[nH]c1=O. The molecule has 2 fully saturated rings. The van der Waals surface area contributed by atoms with Crippen molar-refractivity contribution in [3.05, 3.63) is 33.1 Å². The van der Waals surface area contributed by atoms with Gasteiger partial charge in [-0.25, -0.2) is 4.79 Å². The van der Waals surface area contributed by atoms with Gasteiger partial charge in [0.2, 0.25) is 0 Å². The number of H-pyrrole nitrogens is 1. The van der Waals surface area contributed by atoms with Crippen molar-refractivity contribution in [2.24, 2.45) is 5.73 Å². The molecule has 0 bridgehead atoms. The molecule has 1 aromatic rings. The highest BCUT2D eigenvalue weighted by Gasteiger charge is 2.55. The van der Waals surface area contributed by atoms with E-state index in [-0.39, 0.29) is 18.8 Å². The van der Waals surface area contributed by atoms with Crippen LogP contribution >= 0.6 is 0 Å². The van der Waals surface area contributed by atoms with E-state index in [9.17, 15) is 9.59 Å². The third kappa shape index (κ3) is 2.10. The van der Waals surface area contributed by atoms with Crippen molar-refractivity contribution in [3.8, 4) is 0 Å². The second kappa shape index (κ2) is 4.52. The summed E-state index contributed by atoms with van der Waals surface area (Å²) in [6.45, 7) is 3.85. The fourth-order valence-corrected chi connectivity index (χ4v) is 2.70. The number of nitrogens with zero attached hydrogens (tertiary/aromatic N) is 1. The molecule has 0 amide bonds. The third-order valence-electron chi connectivity index (χ3n) is 3.48. The van der Waals surface area contributed by atoms with E-state index >= 15 is 0 Å². The first-order valence-corrected chi connectivity index (χ1v) is 6.44. The molecule has 0 spiro atoms. The molecule has 4 atom stereocenters. The molecular weight excluding hydrogens is 266 g/mol. The van der Waals surface area contributed by atoms with Crippen LogP contribution in [0.25, 0.3) is 0 Å². The number of aromatic nitrogens is 2. The lowest BCUT2D eigenvalue weighted by Crippen LogP contribution is -2.37. The van der Waals surface area contributed by atoms with E-state index in [2.05, 4.69) is 4.98 Å². The normalized spacial score (nSPS) is 35.1. The number of nitrogens with two attached hydrogens (primary N) is 1. The van der Waals surface area contributed by atoms with Crippen LogP contribution in [0.15, 0.2) is 21.9 Å². The van der Waals surface area contributed by atoms with Crippen LogP contribution in [0.5, 0.6) is 0 Å². The predicted octanol–water partition coefficient (Wildman–Crippen LogP) is -1.09. The number of rotatable bonds is 2. The minimum Gasteiger partial charge on any atom is -0.348 e. The number of nitrogens with one attached hydrogen (secondary N) is 1. The van der Waals surface area contributed by atoms with Crippen LogP contribution in [0.4, 0.5) is 0 Å². The molecule has 3 rings (SSSR count). The maximum atomic E-state index is 11.9. The topological polar surface area (TPSA) is 109 Å². The molecular formula is C12H17N3O5. The molecule has 0 radical (unpaired) electrons. The molecule has 3 heterocycles. The van der Waals surface area contributed by atoms with Crippen molar-refractivity contribution in [1.29, 1.82) is 0 Å². The zero-order valence-corrected chi connectivity index (χ0v) is 11.2. The van der Waals surface area contributed by atoms with Gasteiger partial charge in [0.15, 0.2) is 12.0 Å². The maximum absolute atomic E-state index is 11.9. The average molecular weight is 283 g/mol.